The summed E-state index contributed by atoms with van der Waals surface area (Å²) in [6, 6.07) is 0.778. The average Bonchev–Trinajstić information content (AvgIpc) is 2.60. The van der Waals surface area contributed by atoms with Crippen molar-refractivity contribution in [1.82, 2.24) is 10.1 Å². The topological polar surface area (TPSA) is 68.2 Å². The Kier molecular flexibility index (Phi) is 4.08. The van der Waals surface area contributed by atoms with Crippen LogP contribution in [0, 0.1) is 12.8 Å². The molecule has 0 spiro atoms. The third-order valence-electron chi connectivity index (χ3n) is 2.50. The number of anilines is 1. The van der Waals surface area contributed by atoms with Crippen LogP contribution in [0.3, 0.4) is 0 Å². The summed E-state index contributed by atoms with van der Waals surface area (Å²) in [6.45, 7) is 6.89. The molecule has 5 heteroatoms. The zero-order valence-electron chi connectivity index (χ0n) is 9.90. The Morgan fingerprint density at radius 1 is 1.47 bits per heavy atom. The van der Waals surface area contributed by atoms with Crippen LogP contribution in [0.4, 0.5) is 6.01 Å². The maximum Gasteiger partial charge on any atom is 0.323 e. The molecule has 0 aromatic carbocycles. The van der Waals surface area contributed by atoms with Crippen molar-refractivity contribution in [1.29, 1.82) is 0 Å². The summed E-state index contributed by atoms with van der Waals surface area (Å²) in [4.78, 5) is 6.07. The Bertz CT molecular complexity index is 297. The summed E-state index contributed by atoms with van der Waals surface area (Å²) in [5.74, 6) is 1.16. The van der Waals surface area contributed by atoms with Crippen LogP contribution in [0.2, 0.25) is 0 Å². The summed E-state index contributed by atoms with van der Waals surface area (Å²) in [7, 11) is 1.93. The molecule has 0 aliphatic heterocycles. The van der Waals surface area contributed by atoms with Crippen LogP contribution >= 0.6 is 0 Å². The van der Waals surface area contributed by atoms with E-state index in [1.807, 2.05) is 11.9 Å². The quantitative estimate of drug-likeness (QED) is 0.794. The zero-order valence-corrected chi connectivity index (χ0v) is 9.90. The lowest BCUT2D eigenvalue weighted by Gasteiger charge is -2.19. The van der Waals surface area contributed by atoms with Crippen LogP contribution in [0.5, 0.6) is 0 Å². The smallest absolute Gasteiger partial charge is 0.323 e. The van der Waals surface area contributed by atoms with Crippen molar-refractivity contribution in [3.63, 3.8) is 0 Å². The second-order valence-electron chi connectivity index (χ2n) is 4.24. The molecule has 0 bridgehead atoms. The highest BCUT2D eigenvalue weighted by atomic mass is 16.5. The van der Waals surface area contributed by atoms with Gasteiger partial charge in [-0.15, -0.1) is 0 Å². The van der Waals surface area contributed by atoms with Gasteiger partial charge in [0.2, 0.25) is 0 Å². The standard InChI is InChI=1S/C10H20N4O/c1-7(2)9(11)5-6-14(4)10-12-8(3)13-15-10/h7,9H,5-6,11H2,1-4H3. The molecular weight excluding hydrogens is 192 g/mol. The summed E-state index contributed by atoms with van der Waals surface area (Å²) in [5.41, 5.74) is 5.95. The fourth-order valence-electron chi connectivity index (χ4n) is 1.21. The minimum Gasteiger partial charge on any atom is -0.327 e. The second-order valence-corrected chi connectivity index (χ2v) is 4.24. The molecule has 86 valence electrons. The van der Waals surface area contributed by atoms with Crippen LogP contribution in [0.1, 0.15) is 26.1 Å². The van der Waals surface area contributed by atoms with Gasteiger partial charge in [0.25, 0.3) is 0 Å². The highest BCUT2D eigenvalue weighted by molar-refractivity contribution is 5.22. The monoisotopic (exact) mass is 212 g/mol. The number of rotatable bonds is 5. The van der Waals surface area contributed by atoms with Gasteiger partial charge in [-0.3, -0.25) is 0 Å². The molecule has 0 fully saturated rings. The number of hydrogen-bond donors (Lipinski definition) is 1. The predicted molar refractivity (Wildman–Crippen MR) is 59.7 cm³/mol. The Labute approximate surface area is 90.6 Å². The third kappa shape index (κ3) is 3.51. The molecule has 0 radical (unpaired) electrons. The second kappa shape index (κ2) is 5.11. The first kappa shape index (κ1) is 12.0. The van der Waals surface area contributed by atoms with Crippen LogP contribution in [-0.2, 0) is 0 Å². The minimum atomic E-state index is 0.219. The van der Waals surface area contributed by atoms with Crippen LogP contribution in [-0.4, -0.2) is 29.8 Å². The lowest BCUT2D eigenvalue weighted by molar-refractivity contribution is 0.405. The van der Waals surface area contributed by atoms with E-state index >= 15 is 0 Å². The van der Waals surface area contributed by atoms with Crippen molar-refractivity contribution in [3.05, 3.63) is 5.82 Å². The highest BCUT2D eigenvalue weighted by Crippen LogP contribution is 2.10. The first-order chi connectivity index (χ1) is 7.00. The molecule has 1 aromatic rings. The fourth-order valence-corrected chi connectivity index (χ4v) is 1.21. The third-order valence-corrected chi connectivity index (χ3v) is 2.50. The van der Waals surface area contributed by atoms with E-state index in [4.69, 9.17) is 10.3 Å². The highest BCUT2D eigenvalue weighted by Gasteiger charge is 2.12. The van der Waals surface area contributed by atoms with Gasteiger partial charge in [-0.25, -0.2) is 0 Å². The average molecular weight is 212 g/mol. The maximum atomic E-state index is 5.95. The number of hydrogen-bond acceptors (Lipinski definition) is 5. The van der Waals surface area contributed by atoms with Crippen molar-refractivity contribution in [2.45, 2.75) is 33.2 Å². The molecule has 1 heterocycles. The van der Waals surface area contributed by atoms with Crippen LogP contribution < -0.4 is 10.6 Å². The van der Waals surface area contributed by atoms with Crippen molar-refractivity contribution >= 4 is 6.01 Å². The molecule has 1 atom stereocenters. The number of aromatic nitrogens is 2. The Balaban J connectivity index is 2.39. The molecule has 2 N–H and O–H groups in total. The fraction of sp³-hybridized carbons (Fsp3) is 0.800. The Morgan fingerprint density at radius 2 is 2.13 bits per heavy atom. The Morgan fingerprint density at radius 3 is 2.60 bits per heavy atom. The normalized spacial score (nSPS) is 13.2. The number of nitrogens with zero attached hydrogens (tertiary/aromatic N) is 3. The number of nitrogens with two attached hydrogens (primary N) is 1. The maximum absolute atomic E-state index is 5.95. The van der Waals surface area contributed by atoms with E-state index in [0.717, 1.165) is 13.0 Å². The van der Waals surface area contributed by atoms with Crippen molar-refractivity contribution in [3.8, 4) is 0 Å². The molecule has 15 heavy (non-hydrogen) atoms. The molecule has 1 aromatic heterocycles. The van der Waals surface area contributed by atoms with E-state index in [1.165, 1.54) is 0 Å². The van der Waals surface area contributed by atoms with Crippen molar-refractivity contribution < 1.29 is 4.52 Å². The van der Waals surface area contributed by atoms with E-state index in [-0.39, 0.29) is 6.04 Å². The molecule has 0 aliphatic carbocycles. The summed E-state index contributed by atoms with van der Waals surface area (Å²) >= 11 is 0. The molecular formula is C10H20N4O. The Hall–Kier alpha value is -1.10. The first-order valence-corrected chi connectivity index (χ1v) is 5.27. The summed E-state index contributed by atoms with van der Waals surface area (Å²) in [6.07, 6.45) is 0.926. The van der Waals surface area contributed by atoms with E-state index < -0.39 is 0 Å². The minimum absolute atomic E-state index is 0.219. The van der Waals surface area contributed by atoms with E-state index in [0.29, 0.717) is 17.8 Å². The first-order valence-electron chi connectivity index (χ1n) is 5.27. The molecule has 1 rings (SSSR count). The van der Waals surface area contributed by atoms with Gasteiger partial charge in [0.05, 0.1) is 0 Å². The molecule has 0 aliphatic rings. The van der Waals surface area contributed by atoms with E-state index in [1.54, 1.807) is 6.92 Å². The van der Waals surface area contributed by atoms with Crippen molar-refractivity contribution in [2.75, 3.05) is 18.5 Å². The van der Waals surface area contributed by atoms with Gasteiger partial charge in [0.15, 0.2) is 5.82 Å². The van der Waals surface area contributed by atoms with E-state index in [9.17, 15) is 0 Å². The largest absolute Gasteiger partial charge is 0.327 e. The molecule has 0 saturated carbocycles. The molecule has 0 saturated heterocycles. The molecule has 5 nitrogen and oxygen atoms in total. The number of aryl methyl sites for hydroxylation is 1. The van der Waals surface area contributed by atoms with Gasteiger partial charge < -0.3 is 15.2 Å². The zero-order chi connectivity index (χ0) is 11.4. The van der Waals surface area contributed by atoms with Crippen LogP contribution in [0.25, 0.3) is 0 Å². The van der Waals surface area contributed by atoms with Gasteiger partial charge >= 0.3 is 6.01 Å². The lowest BCUT2D eigenvalue weighted by atomic mass is 10.0. The van der Waals surface area contributed by atoms with E-state index in [2.05, 4.69) is 24.0 Å². The van der Waals surface area contributed by atoms with Gasteiger partial charge in [-0.1, -0.05) is 19.0 Å². The van der Waals surface area contributed by atoms with Gasteiger partial charge in [-0.2, -0.15) is 4.98 Å². The molecule has 1 unspecified atom stereocenters. The molecule has 0 amide bonds. The van der Waals surface area contributed by atoms with Gasteiger partial charge in [0.1, 0.15) is 0 Å². The van der Waals surface area contributed by atoms with Gasteiger partial charge in [0, 0.05) is 19.6 Å². The van der Waals surface area contributed by atoms with Gasteiger partial charge in [-0.05, 0) is 19.3 Å². The van der Waals surface area contributed by atoms with Crippen LogP contribution in [0.15, 0.2) is 4.52 Å². The lowest BCUT2D eigenvalue weighted by Crippen LogP contribution is -2.31. The predicted octanol–water partition coefficient (Wildman–Crippen LogP) is 1.19. The van der Waals surface area contributed by atoms with Crippen molar-refractivity contribution in [2.24, 2.45) is 11.7 Å². The summed E-state index contributed by atoms with van der Waals surface area (Å²) in [5, 5.41) is 3.74. The SMILES string of the molecule is Cc1noc(N(C)CCC(N)C(C)C)n1. The summed E-state index contributed by atoms with van der Waals surface area (Å²) < 4.78 is 5.04.